The third-order valence-corrected chi connectivity index (χ3v) is 4.26. The van der Waals surface area contributed by atoms with E-state index < -0.39 is 24.0 Å². The molecule has 0 aliphatic carbocycles. The molecule has 0 amide bonds. The fraction of sp³-hybridized carbons (Fsp3) is 0.400. The molecule has 0 bridgehead atoms. The molecule has 0 unspecified atom stereocenters. The maximum atomic E-state index is 14.6. The number of nitrogens with one attached hydrogen (secondary N) is 1. The van der Waals surface area contributed by atoms with Crippen LogP contribution in [0.25, 0.3) is 17.5 Å². The van der Waals surface area contributed by atoms with E-state index in [4.69, 9.17) is 9.31 Å². The second kappa shape index (κ2) is 5.54. The van der Waals surface area contributed by atoms with Crippen molar-refractivity contribution in [1.29, 1.82) is 0 Å². The van der Waals surface area contributed by atoms with Gasteiger partial charge in [-0.3, -0.25) is 15.1 Å². The molecular weight excluding hydrogens is 298 g/mol. The van der Waals surface area contributed by atoms with Gasteiger partial charge in [-0.25, -0.2) is 4.39 Å². The van der Waals surface area contributed by atoms with Crippen LogP contribution in [0.3, 0.4) is 0 Å². The molecule has 0 spiro atoms. The van der Waals surface area contributed by atoms with Gasteiger partial charge in [0.25, 0.3) is 0 Å². The number of hydrogen-bond acceptors (Lipinski definition) is 5. The molecule has 3 rings (SSSR count). The molecule has 23 heavy (non-hydrogen) atoms. The number of aromatic amines is 1. The van der Waals surface area contributed by atoms with Crippen molar-refractivity contribution >= 4 is 13.2 Å². The molecule has 1 aliphatic rings. The minimum atomic E-state index is -1.04. The number of rotatable bonds is 3. The quantitative estimate of drug-likeness (QED) is 0.882. The second-order valence-electron chi connectivity index (χ2n) is 6.41. The standard InChI is InChI=1S/C15H18BFN4O2/c1-14(2)15(3,4)23-16(22-14)12(17)7-10-8-20-21-13(10)11-9-18-5-6-19-11/h5-9H,1-4H3,(H,20,21). The van der Waals surface area contributed by atoms with Crippen molar-refractivity contribution in [3.63, 3.8) is 0 Å². The second-order valence-corrected chi connectivity index (χ2v) is 6.41. The monoisotopic (exact) mass is 316 g/mol. The van der Waals surface area contributed by atoms with Gasteiger partial charge in [-0.2, -0.15) is 5.10 Å². The van der Waals surface area contributed by atoms with Gasteiger partial charge in [0.2, 0.25) is 0 Å². The van der Waals surface area contributed by atoms with Crippen molar-refractivity contribution in [2.45, 2.75) is 38.9 Å². The van der Waals surface area contributed by atoms with Gasteiger partial charge in [-0.05, 0) is 33.8 Å². The summed E-state index contributed by atoms with van der Waals surface area (Å²) in [5.41, 5.74) is 0.0237. The van der Waals surface area contributed by atoms with E-state index in [-0.39, 0.29) is 0 Å². The van der Waals surface area contributed by atoms with Crippen LogP contribution in [0.5, 0.6) is 0 Å². The van der Waals surface area contributed by atoms with E-state index in [9.17, 15) is 4.39 Å². The van der Waals surface area contributed by atoms with E-state index >= 15 is 0 Å². The third-order valence-electron chi connectivity index (χ3n) is 4.26. The molecule has 2 aromatic heterocycles. The Labute approximate surface area is 134 Å². The summed E-state index contributed by atoms with van der Waals surface area (Å²) in [6.45, 7) is 7.51. The predicted molar refractivity (Wildman–Crippen MR) is 84.8 cm³/mol. The molecule has 8 heteroatoms. The highest BCUT2D eigenvalue weighted by Crippen LogP contribution is 2.39. The van der Waals surface area contributed by atoms with Crippen LogP contribution in [0.1, 0.15) is 33.3 Å². The van der Waals surface area contributed by atoms with Gasteiger partial charge < -0.3 is 9.31 Å². The molecule has 0 radical (unpaired) electrons. The van der Waals surface area contributed by atoms with E-state index in [0.717, 1.165) is 0 Å². The molecule has 6 nitrogen and oxygen atoms in total. The maximum absolute atomic E-state index is 14.6. The van der Waals surface area contributed by atoms with Gasteiger partial charge in [-0.15, -0.1) is 0 Å². The Bertz CT molecular complexity index is 714. The smallest absolute Gasteiger partial charge is 0.398 e. The minimum Gasteiger partial charge on any atom is -0.398 e. The van der Waals surface area contributed by atoms with Crippen LogP contribution >= 0.6 is 0 Å². The van der Waals surface area contributed by atoms with Gasteiger partial charge >= 0.3 is 7.12 Å². The Hall–Kier alpha value is -2.06. The lowest BCUT2D eigenvalue weighted by molar-refractivity contribution is 0.00578. The van der Waals surface area contributed by atoms with E-state index in [2.05, 4.69) is 20.2 Å². The maximum Gasteiger partial charge on any atom is 0.525 e. The van der Waals surface area contributed by atoms with Gasteiger partial charge in [-0.1, -0.05) is 0 Å². The molecular formula is C15H18BFN4O2. The number of halogens is 1. The molecule has 120 valence electrons. The van der Waals surface area contributed by atoms with Crippen molar-refractivity contribution in [3.8, 4) is 11.4 Å². The molecule has 0 saturated carbocycles. The number of nitrogens with zero attached hydrogens (tertiary/aromatic N) is 3. The average Bonchev–Trinajstić information content (AvgIpc) is 3.02. The summed E-state index contributed by atoms with van der Waals surface area (Å²) in [5.74, 6) is 0. The highest BCUT2D eigenvalue weighted by molar-refractivity contribution is 6.54. The normalized spacial score (nSPS) is 20.0. The van der Waals surface area contributed by atoms with Gasteiger partial charge in [0.15, 0.2) is 0 Å². The lowest BCUT2D eigenvalue weighted by Crippen LogP contribution is -2.41. The summed E-state index contributed by atoms with van der Waals surface area (Å²) >= 11 is 0. The fourth-order valence-electron chi connectivity index (χ4n) is 2.21. The Morgan fingerprint density at radius 1 is 1.17 bits per heavy atom. The lowest BCUT2D eigenvalue weighted by atomic mass is 9.87. The number of H-pyrrole nitrogens is 1. The molecule has 1 aliphatic heterocycles. The first-order valence-electron chi connectivity index (χ1n) is 7.33. The number of aromatic nitrogens is 4. The van der Waals surface area contributed by atoms with Crippen molar-refractivity contribution in [2.24, 2.45) is 0 Å². The lowest BCUT2D eigenvalue weighted by Gasteiger charge is -2.32. The first-order chi connectivity index (χ1) is 10.8. The highest BCUT2D eigenvalue weighted by atomic mass is 19.1. The first kappa shape index (κ1) is 15.8. The van der Waals surface area contributed by atoms with Crippen LogP contribution in [0.2, 0.25) is 0 Å². The van der Waals surface area contributed by atoms with Crippen LogP contribution in [0, 0.1) is 0 Å². The molecule has 0 atom stereocenters. The average molecular weight is 316 g/mol. The van der Waals surface area contributed by atoms with Gasteiger partial charge in [0.05, 0.1) is 29.3 Å². The highest BCUT2D eigenvalue weighted by Gasteiger charge is 2.53. The van der Waals surface area contributed by atoms with Crippen LogP contribution < -0.4 is 0 Å². The zero-order valence-corrected chi connectivity index (χ0v) is 13.5. The van der Waals surface area contributed by atoms with Crippen LogP contribution in [0.15, 0.2) is 30.5 Å². The van der Waals surface area contributed by atoms with E-state index in [0.29, 0.717) is 17.0 Å². The molecule has 2 aromatic rings. The fourth-order valence-corrected chi connectivity index (χ4v) is 2.21. The summed E-state index contributed by atoms with van der Waals surface area (Å²) < 4.78 is 26.0. The topological polar surface area (TPSA) is 72.9 Å². The van der Waals surface area contributed by atoms with Crippen molar-refractivity contribution in [1.82, 2.24) is 20.2 Å². The van der Waals surface area contributed by atoms with Crippen LogP contribution in [-0.2, 0) is 9.31 Å². The zero-order valence-electron chi connectivity index (χ0n) is 13.5. The van der Waals surface area contributed by atoms with Crippen LogP contribution in [-0.4, -0.2) is 38.5 Å². The SMILES string of the molecule is CC1(C)OB(C(F)=Cc2cn[nH]c2-c2cnccn2)OC1(C)C. The zero-order chi connectivity index (χ0) is 16.7. The van der Waals surface area contributed by atoms with Crippen molar-refractivity contribution in [3.05, 3.63) is 36.1 Å². The Morgan fingerprint density at radius 3 is 2.48 bits per heavy atom. The molecule has 1 fully saturated rings. The van der Waals surface area contributed by atoms with Gasteiger partial charge in [0.1, 0.15) is 11.4 Å². The Kier molecular flexibility index (Phi) is 3.81. The van der Waals surface area contributed by atoms with E-state index in [1.807, 2.05) is 27.7 Å². The summed E-state index contributed by atoms with van der Waals surface area (Å²) in [6, 6.07) is 0. The Balaban J connectivity index is 1.88. The van der Waals surface area contributed by atoms with Crippen molar-refractivity contribution < 1.29 is 13.7 Å². The summed E-state index contributed by atoms with van der Waals surface area (Å²) in [4.78, 5) is 8.19. The molecule has 1 N–H and O–H groups in total. The van der Waals surface area contributed by atoms with Crippen molar-refractivity contribution in [2.75, 3.05) is 0 Å². The number of hydrogen-bond donors (Lipinski definition) is 1. The summed E-state index contributed by atoms with van der Waals surface area (Å²) in [6.07, 6.45) is 7.58. The van der Waals surface area contributed by atoms with Crippen LogP contribution in [0.4, 0.5) is 4.39 Å². The summed E-state index contributed by atoms with van der Waals surface area (Å²) in [5, 5.41) is 6.75. The Morgan fingerprint density at radius 2 is 1.87 bits per heavy atom. The predicted octanol–water partition coefficient (Wildman–Crippen LogP) is 2.81. The largest absolute Gasteiger partial charge is 0.525 e. The summed E-state index contributed by atoms with van der Waals surface area (Å²) in [7, 11) is -1.04. The first-order valence-corrected chi connectivity index (χ1v) is 7.33. The van der Waals surface area contributed by atoms with E-state index in [1.54, 1.807) is 18.6 Å². The molecule has 1 saturated heterocycles. The van der Waals surface area contributed by atoms with E-state index in [1.165, 1.54) is 12.3 Å². The molecule has 3 heterocycles. The third kappa shape index (κ3) is 2.91. The van der Waals surface area contributed by atoms with Gasteiger partial charge in [0, 0.05) is 18.0 Å². The minimum absolute atomic E-state index is 0.518. The molecule has 0 aromatic carbocycles.